The van der Waals surface area contributed by atoms with Crippen molar-refractivity contribution in [2.75, 3.05) is 0 Å². The Morgan fingerprint density at radius 1 is 1.11 bits per heavy atom. The van der Waals surface area contributed by atoms with Crippen LogP contribution in [0.15, 0.2) is 70.6 Å². The summed E-state index contributed by atoms with van der Waals surface area (Å²) < 4.78 is 1.62. The van der Waals surface area contributed by atoms with Gasteiger partial charge in [0.15, 0.2) is 5.16 Å². The lowest BCUT2D eigenvalue weighted by Crippen LogP contribution is -2.22. The highest BCUT2D eigenvalue weighted by atomic mass is 32.2. The number of para-hydroxylation sites is 1. The minimum absolute atomic E-state index is 0.0974. The molecule has 0 radical (unpaired) electrons. The fourth-order valence-electron chi connectivity index (χ4n) is 3.10. The molecule has 2 heterocycles. The van der Waals surface area contributed by atoms with Crippen LogP contribution in [0.5, 0.6) is 0 Å². The Hall–Kier alpha value is -2.88. The first-order valence-electron chi connectivity index (χ1n) is 8.83. The van der Waals surface area contributed by atoms with E-state index in [1.807, 2.05) is 74.5 Å². The van der Waals surface area contributed by atoms with Gasteiger partial charge < -0.3 is 0 Å². The number of thioether (sulfide) groups is 1. The molecule has 1 atom stereocenters. The minimum atomic E-state index is -0.311. The quantitative estimate of drug-likeness (QED) is 0.337. The number of benzene rings is 2. The Bertz CT molecular complexity index is 1240. The summed E-state index contributed by atoms with van der Waals surface area (Å²) in [6.07, 6.45) is 0. The molecule has 2 aromatic heterocycles. The molecule has 4 rings (SSSR count). The lowest BCUT2D eigenvalue weighted by atomic mass is 10.1. The maximum Gasteiger partial charge on any atom is 0.267 e. The number of aromatic nitrogens is 2. The van der Waals surface area contributed by atoms with Crippen LogP contribution in [0.3, 0.4) is 0 Å². The van der Waals surface area contributed by atoms with Crippen molar-refractivity contribution in [1.29, 1.82) is 5.26 Å². The first kappa shape index (κ1) is 18.5. The van der Waals surface area contributed by atoms with E-state index in [0.29, 0.717) is 15.4 Å². The molecule has 0 fully saturated rings. The normalized spacial score (nSPS) is 12.0. The standard InChI is InChI=1S/C22H17N3OS2/c1-14(13-23)27-22-24-20-18(21(26)25(22)17-11-7-4-8-12-17)15(2)19(28-20)16-9-5-3-6-10-16/h3-12,14H,1-2H3/t14-/m1/s1. The third kappa shape index (κ3) is 3.24. The van der Waals surface area contributed by atoms with E-state index in [4.69, 9.17) is 4.98 Å². The summed E-state index contributed by atoms with van der Waals surface area (Å²) in [6.45, 7) is 3.79. The van der Waals surface area contributed by atoms with E-state index in [-0.39, 0.29) is 10.8 Å². The van der Waals surface area contributed by atoms with Gasteiger partial charge in [-0.3, -0.25) is 9.36 Å². The van der Waals surface area contributed by atoms with E-state index in [9.17, 15) is 10.1 Å². The van der Waals surface area contributed by atoms with Crippen LogP contribution in [0.4, 0.5) is 0 Å². The number of nitrogens with zero attached hydrogens (tertiary/aromatic N) is 3. The lowest BCUT2D eigenvalue weighted by molar-refractivity contribution is 0.820. The molecule has 0 bridgehead atoms. The van der Waals surface area contributed by atoms with Crippen LogP contribution in [0.2, 0.25) is 0 Å². The number of nitriles is 1. The predicted octanol–water partition coefficient (Wildman–Crippen LogP) is 5.43. The van der Waals surface area contributed by atoms with Crippen molar-refractivity contribution in [3.63, 3.8) is 0 Å². The summed E-state index contributed by atoms with van der Waals surface area (Å²) in [5.74, 6) is 0. The van der Waals surface area contributed by atoms with Crippen molar-refractivity contribution in [1.82, 2.24) is 9.55 Å². The number of rotatable bonds is 4. The number of aryl methyl sites for hydroxylation is 1. The van der Waals surface area contributed by atoms with Crippen LogP contribution in [-0.2, 0) is 0 Å². The minimum Gasteiger partial charge on any atom is -0.268 e. The molecule has 0 spiro atoms. The maximum atomic E-state index is 13.5. The molecule has 4 nitrogen and oxygen atoms in total. The summed E-state index contributed by atoms with van der Waals surface area (Å²) in [7, 11) is 0. The van der Waals surface area contributed by atoms with E-state index in [2.05, 4.69) is 6.07 Å². The summed E-state index contributed by atoms with van der Waals surface area (Å²) >= 11 is 2.83. The topological polar surface area (TPSA) is 58.7 Å². The van der Waals surface area contributed by atoms with Crippen LogP contribution < -0.4 is 5.56 Å². The van der Waals surface area contributed by atoms with Gasteiger partial charge in [-0.15, -0.1) is 11.3 Å². The molecule has 0 N–H and O–H groups in total. The third-order valence-electron chi connectivity index (χ3n) is 4.45. The Morgan fingerprint density at radius 3 is 2.39 bits per heavy atom. The lowest BCUT2D eigenvalue weighted by Gasteiger charge is -2.12. The molecule has 0 unspecified atom stereocenters. The molecule has 0 saturated carbocycles. The molecule has 0 aliphatic rings. The van der Waals surface area contributed by atoms with Gasteiger partial charge in [-0.2, -0.15) is 5.26 Å². The van der Waals surface area contributed by atoms with E-state index >= 15 is 0 Å². The Kier molecular flexibility index (Phi) is 5.03. The van der Waals surface area contributed by atoms with Crippen LogP contribution >= 0.6 is 23.1 Å². The van der Waals surface area contributed by atoms with Crippen LogP contribution in [-0.4, -0.2) is 14.8 Å². The molecule has 0 amide bonds. The largest absolute Gasteiger partial charge is 0.268 e. The highest BCUT2D eigenvalue weighted by Gasteiger charge is 2.21. The average molecular weight is 404 g/mol. The smallest absolute Gasteiger partial charge is 0.267 e. The van der Waals surface area contributed by atoms with Gasteiger partial charge >= 0.3 is 0 Å². The SMILES string of the molecule is Cc1c(-c2ccccc2)sc2nc(S[C@H](C)C#N)n(-c3ccccc3)c(=O)c12. The Labute approximate surface area is 171 Å². The Morgan fingerprint density at radius 2 is 1.75 bits per heavy atom. The summed E-state index contributed by atoms with van der Waals surface area (Å²) in [6, 6.07) is 21.7. The molecule has 0 saturated heterocycles. The van der Waals surface area contributed by atoms with Crippen molar-refractivity contribution in [3.05, 3.63) is 76.6 Å². The Balaban J connectivity index is 2.02. The fourth-order valence-corrected chi connectivity index (χ4v) is 5.14. The van der Waals surface area contributed by atoms with Crippen molar-refractivity contribution in [2.24, 2.45) is 0 Å². The van der Waals surface area contributed by atoms with Gasteiger partial charge in [0.25, 0.3) is 5.56 Å². The second-order valence-electron chi connectivity index (χ2n) is 6.36. The predicted molar refractivity (Wildman–Crippen MR) is 116 cm³/mol. The second kappa shape index (κ2) is 7.63. The molecule has 4 aromatic rings. The summed E-state index contributed by atoms with van der Waals surface area (Å²) in [5.41, 5.74) is 2.67. The van der Waals surface area contributed by atoms with Crippen LogP contribution in [0.25, 0.3) is 26.3 Å². The van der Waals surface area contributed by atoms with Gasteiger partial charge in [-0.05, 0) is 37.1 Å². The molecule has 138 valence electrons. The van der Waals surface area contributed by atoms with Crippen molar-refractivity contribution in [2.45, 2.75) is 24.3 Å². The van der Waals surface area contributed by atoms with Crippen LogP contribution in [0.1, 0.15) is 12.5 Å². The number of hydrogen-bond donors (Lipinski definition) is 0. The molecule has 2 aromatic carbocycles. The highest BCUT2D eigenvalue weighted by Crippen LogP contribution is 2.37. The molecule has 0 aliphatic carbocycles. The zero-order valence-electron chi connectivity index (χ0n) is 15.4. The molecule has 6 heteroatoms. The molecule has 28 heavy (non-hydrogen) atoms. The maximum absolute atomic E-state index is 13.5. The number of hydrogen-bond acceptors (Lipinski definition) is 5. The average Bonchev–Trinajstić information content (AvgIpc) is 3.06. The van der Waals surface area contributed by atoms with E-state index < -0.39 is 0 Å². The molecule has 0 aliphatic heterocycles. The van der Waals surface area contributed by atoms with E-state index in [1.54, 1.807) is 4.57 Å². The van der Waals surface area contributed by atoms with Gasteiger partial charge in [0, 0.05) is 4.88 Å². The van der Waals surface area contributed by atoms with Crippen molar-refractivity contribution in [3.8, 4) is 22.2 Å². The van der Waals surface area contributed by atoms with Gasteiger partial charge in [0.2, 0.25) is 0 Å². The van der Waals surface area contributed by atoms with Gasteiger partial charge in [-0.1, -0.05) is 60.3 Å². The first-order valence-corrected chi connectivity index (χ1v) is 10.5. The third-order valence-corrected chi connectivity index (χ3v) is 6.63. The summed E-state index contributed by atoms with van der Waals surface area (Å²) in [4.78, 5) is 20.1. The zero-order chi connectivity index (χ0) is 19.7. The van der Waals surface area contributed by atoms with Crippen molar-refractivity contribution < 1.29 is 0 Å². The highest BCUT2D eigenvalue weighted by molar-refractivity contribution is 8.00. The van der Waals surface area contributed by atoms with E-state index in [0.717, 1.165) is 21.7 Å². The van der Waals surface area contributed by atoms with Crippen LogP contribution in [0, 0.1) is 18.3 Å². The van der Waals surface area contributed by atoms with Gasteiger partial charge in [0.05, 0.1) is 22.4 Å². The molecular weight excluding hydrogens is 386 g/mol. The molecular formula is C22H17N3OS2. The second-order valence-corrected chi connectivity index (χ2v) is 8.67. The number of thiophene rings is 1. The van der Waals surface area contributed by atoms with E-state index in [1.165, 1.54) is 23.1 Å². The fraction of sp³-hybridized carbons (Fsp3) is 0.136. The monoisotopic (exact) mass is 403 g/mol. The van der Waals surface area contributed by atoms with Crippen molar-refractivity contribution >= 4 is 33.3 Å². The first-order chi connectivity index (χ1) is 13.6. The van der Waals surface area contributed by atoms with Gasteiger partial charge in [-0.25, -0.2) is 4.98 Å². The summed E-state index contributed by atoms with van der Waals surface area (Å²) in [5, 5.41) is 10.1. The van der Waals surface area contributed by atoms with Gasteiger partial charge in [0.1, 0.15) is 4.83 Å². The number of fused-ring (bicyclic) bond motifs is 1. The zero-order valence-corrected chi connectivity index (χ0v) is 17.1.